The number of hydrogen-bond acceptors (Lipinski definition) is 3. The van der Waals surface area contributed by atoms with Gasteiger partial charge in [-0.3, -0.25) is 0 Å². The van der Waals surface area contributed by atoms with Crippen LogP contribution in [0.3, 0.4) is 0 Å². The van der Waals surface area contributed by atoms with Crippen molar-refractivity contribution in [2.75, 3.05) is 12.8 Å². The van der Waals surface area contributed by atoms with Gasteiger partial charge in [-0.05, 0) is 50.4 Å². The molecule has 0 aliphatic rings. The Morgan fingerprint density at radius 2 is 2.10 bits per heavy atom. The lowest BCUT2D eigenvalue weighted by Gasteiger charge is -2.19. The summed E-state index contributed by atoms with van der Waals surface area (Å²) in [5, 5.41) is 3.48. The molecular formula is C16H25NO2S. The Kier molecular flexibility index (Phi) is 6.43. The summed E-state index contributed by atoms with van der Waals surface area (Å²) in [6.07, 6.45) is 4.16. The van der Waals surface area contributed by atoms with Gasteiger partial charge >= 0.3 is 0 Å². The number of hydrogen-bond donors (Lipinski definition) is 1. The van der Waals surface area contributed by atoms with E-state index in [1.807, 2.05) is 19.1 Å². The molecule has 0 bridgehead atoms. The Hall–Kier alpha value is -1.13. The second-order valence-electron chi connectivity index (χ2n) is 5.35. The van der Waals surface area contributed by atoms with Crippen LogP contribution < -0.4 is 5.32 Å². The van der Waals surface area contributed by atoms with Crippen LogP contribution in [0.25, 0.3) is 0 Å². The summed E-state index contributed by atoms with van der Waals surface area (Å²) in [4.78, 5) is 0.383. The summed E-state index contributed by atoms with van der Waals surface area (Å²) < 4.78 is 23.3. The number of benzene rings is 1. The second-order valence-corrected chi connectivity index (χ2v) is 7.36. The maximum atomic E-state index is 11.7. The standard InChI is InChI=1S/C16H25NO2S/c1-5-11-17-16(10-9-13(2)3)14-7-6-8-15(12-14)20(4,18)19/h6-8,12,16-17H,2,5,9-11H2,1,3-4H3. The third-order valence-electron chi connectivity index (χ3n) is 3.19. The van der Waals surface area contributed by atoms with Crippen molar-refractivity contribution in [3.05, 3.63) is 42.0 Å². The molecule has 1 N–H and O–H groups in total. The van der Waals surface area contributed by atoms with E-state index in [4.69, 9.17) is 0 Å². The summed E-state index contributed by atoms with van der Waals surface area (Å²) in [6.45, 7) is 8.99. The van der Waals surface area contributed by atoms with Crippen molar-refractivity contribution in [2.45, 2.75) is 44.0 Å². The van der Waals surface area contributed by atoms with E-state index in [0.29, 0.717) is 4.90 Å². The highest BCUT2D eigenvalue weighted by Gasteiger charge is 2.14. The molecule has 20 heavy (non-hydrogen) atoms. The first kappa shape index (κ1) is 16.9. The van der Waals surface area contributed by atoms with E-state index in [1.54, 1.807) is 12.1 Å². The van der Waals surface area contributed by atoms with Gasteiger partial charge in [-0.15, -0.1) is 6.58 Å². The monoisotopic (exact) mass is 295 g/mol. The fourth-order valence-electron chi connectivity index (χ4n) is 2.06. The van der Waals surface area contributed by atoms with Crippen molar-refractivity contribution in [2.24, 2.45) is 0 Å². The molecule has 112 valence electrons. The van der Waals surface area contributed by atoms with Crippen LogP contribution in [-0.2, 0) is 9.84 Å². The van der Waals surface area contributed by atoms with Crippen LogP contribution in [-0.4, -0.2) is 21.2 Å². The summed E-state index contributed by atoms with van der Waals surface area (Å²) in [7, 11) is -3.16. The van der Waals surface area contributed by atoms with Crippen molar-refractivity contribution < 1.29 is 8.42 Å². The molecule has 4 heteroatoms. The van der Waals surface area contributed by atoms with Gasteiger partial charge in [0.2, 0.25) is 0 Å². The van der Waals surface area contributed by atoms with E-state index in [9.17, 15) is 8.42 Å². The van der Waals surface area contributed by atoms with E-state index in [0.717, 1.165) is 36.9 Å². The summed E-state index contributed by atoms with van der Waals surface area (Å²) >= 11 is 0. The average molecular weight is 295 g/mol. The maximum absolute atomic E-state index is 11.7. The van der Waals surface area contributed by atoms with Crippen LogP contribution in [0.4, 0.5) is 0 Å². The number of rotatable bonds is 8. The predicted octanol–water partition coefficient (Wildman–Crippen LogP) is 3.49. The van der Waals surface area contributed by atoms with Gasteiger partial charge in [0.05, 0.1) is 4.90 Å². The van der Waals surface area contributed by atoms with Gasteiger partial charge in [-0.1, -0.05) is 24.6 Å². The Balaban J connectivity index is 2.97. The van der Waals surface area contributed by atoms with Gasteiger partial charge in [0.15, 0.2) is 9.84 Å². The molecule has 1 atom stereocenters. The molecule has 0 saturated heterocycles. The van der Waals surface area contributed by atoms with Gasteiger partial charge in [0, 0.05) is 12.3 Å². The maximum Gasteiger partial charge on any atom is 0.175 e. The first-order valence-electron chi connectivity index (χ1n) is 7.02. The first-order valence-corrected chi connectivity index (χ1v) is 8.91. The fourth-order valence-corrected chi connectivity index (χ4v) is 2.73. The molecular weight excluding hydrogens is 270 g/mol. The lowest BCUT2D eigenvalue weighted by atomic mass is 10.00. The van der Waals surface area contributed by atoms with Crippen LogP contribution >= 0.6 is 0 Å². The molecule has 0 heterocycles. The molecule has 1 rings (SSSR count). The first-order chi connectivity index (χ1) is 9.34. The highest BCUT2D eigenvalue weighted by Crippen LogP contribution is 2.23. The molecule has 0 radical (unpaired) electrons. The molecule has 0 aliphatic heterocycles. The lowest BCUT2D eigenvalue weighted by molar-refractivity contribution is 0.498. The number of sulfone groups is 1. The van der Waals surface area contributed by atoms with Crippen LogP contribution in [0.5, 0.6) is 0 Å². The van der Waals surface area contributed by atoms with E-state index in [-0.39, 0.29) is 6.04 Å². The van der Waals surface area contributed by atoms with E-state index < -0.39 is 9.84 Å². The molecule has 0 aliphatic carbocycles. The molecule has 0 saturated carbocycles. The van der Waals surface area contributed by atoms with Crippen molar-refractivity contribution in [3.8, 4) is 0 Å². The zero-order valence-electron chi connectivity index (χ0n) is 12.6. The van der Waals surface area contributed by atoms with E-state index in [2.05, 4.69) is 18.8 Å². The van der Waals surface area contributed by atoms with Gasteiger partial charge in [-0.25, -0.2) is 8.42 Å². The van der Waals surface area contributed by atoms with Crippen LogP contribution in [0.2, 0.25) is 0 Å². The summed E-state index contributed by atoms with van der Waals surface area (Å²) in [6, 6.07) is 7.40. The average Bonchev–Trinajstić information content (AvgIpc) is 2.38. The summed E-state index contributed by atoms with van der Waals surface area (Å²) in [5.41, 5.74) is 2.18. The largest absolute Gasteiger partial charge is 0.310 e. The Bertz CT molecular complexity index is 549. The van der Waals surface area contributed by atoms with Crippen molar-refractivity contribution in [1.29, 1.82) is 0 Å². The van der Waals surface area contributed by atoms with Gasteiger partial charge in [0.1, 0.15) is 0 Å². The minimum Gasteiger partial charge on any atom is -0.310 e. The normalized spacial score (nSPS) is 13.2. The van der Waals surface area contributed by atoms with Gasteiger partial charge in [0.25, 0.3) is 0 Å². The molecule has 1 unspecified atom stereocenters. The Morgan fingerprint density at radius 3 is 2.65 bits per heavy atom. The molecule has 0 fully saturated rings. The van der Waals surface area contributed by atoms with Crippen molar-refractivity contribution in [3.63, 3.8) is 0 Å². The molecule has 3 nitrogen and oxygen atoms in total. The quantitative estimate of drug-likeness (QED) is 0.747. The molecule has 0 amide bonds. The fraction of sp³-hybridized carbons (Fsp3) is 0.500. The predicted molar refractivity (Wildman–Crippen MR) is 84.6 cm³/mol. The highest BCUT2D eigenvalue weighted by molar-refractivity contribution is 7.90. The van der Waals surface area contributed by atoms with Gasteiger partial charge in [-0.2, -0.15) is 0 Å². The third kappa shape index (κ3) is 5.47. The van der Waals surface area contributed by atoms with Gasteiger partial charge < -0.3 is 5.32 Å². The second kappa shape index (κ2) is 7.60. The number of nitrogens with one attached hydrogen (secondary N) is 1. The molecule has 1 aromatic carbocycles. The molecule has 0 spiro atoms. The molecule has 1 aromatic rings. The lowest BCUT2D eigenvalue weighted by Crippen LogP contribution is -2.22. The van der Waals surface area contributed by atoms with Crippen LogP contribution in [0.1, 0.15) is 44.7 Å². The minimum absolute atomic E-state index is 0.174. The van der Waals surface area contributed by atoms with Crippen molar-refractivity contribution >= 4 is 9.84 Å². The van der Waals surface area contributed by atoms with Crippen LogP contribution in [0.15, 0.2) is 41.3 Å². The SMILES string of the molecule is C=C(C)CCC(NCCC)c1cccc(S(C)(=O)=O)c1. The summed E-state index contributed by atoms with van der Waals surface area (Å²) in [5.74, 6) is 0. The molecule has 0 aromatic heterocycles. The van der Waals surface area contributed by atoms with Crippen molar-refractivity contribution in [1.82, 2.24) is 5.32 Å². The topological polar surface area (TPSA) is 46.2 Å². The highest BCUT2D eigenvalue weighted by atomic mass is 32.2. The Morgan fingerprint density at radius 1 is 1.40 bits per heavy atom. The van der Waals surface area contributed by atoms with E-state index >= 15 is 0 Å². The Labute approximate surface area is 123 Å². The zero-order valence-corrected chi connectivity index (χ0v) is 13.5. The zero-order chi connectivity index (χ0) is 15.2. The number of allylic oxidation sites excluding steroid dienone is 1. The van der Waals surface area contributed by atoms with Crippen LogP contribution in [0, 0.1) is 0 Å². The minimum atomic E-state index is -3.16. The third-order valence-corrected chi connectivity index (χ3v) is 4.30. The smallest absolute Gasteiger partial charge is 0.175 e. The van der Waals surface area contributed by atoms with E-state index in [1.165, 1.54) is 6.26 Å².